The van der Waals surface area contributed by atoms with Crippen LogP contribution in [0.1, 0.15) is 0 Å². The second kappa shape index (κ2) is 7.86. The van der Waals surface area contributed by atoms with Crippen molar-refractivity contribution in [2.24, 2.45) is 0 Å². The van der Waals surface area contributed by atoms with Crippen LogP contribution in [0.5, 0.6) is 0 Å². The molecule has 5 nitrogen and oxygen atoms in total. The average Bonchev–Trinajstić information content (AvgIpc) is 2.55. The minimum Gasteiger partial charge on any atom is -0.396 e. The molecule has 0 aliphatic carbocycles. The van der Waals surface area contributed by atoms with Gasteiger partial charge >= 0.3 is 0 Å². The molecule has 0 atom stereocenters. The van der Waals surface area contributed by atoms with Gasteiger partial charge in [0.1, 0.15) is 11.6 Å². The van der Waals surface area contributed by atoms with Crippen LogP contribution >= 0.6 is 22.6 Å². The largest absolute Gasteiger partial charge is 0.396 e. The second-order valence-electron chi connectivity index (χ2n) is 4.65. The van der Waals surface area contributed by atoms with Gasteiger partial charge in [0.05, 0.1) is 17.1 Å². The quantitative estimate of drug-likeness (QED) is 0.448. The molecule has 1 heterocycles. The Morgan fingerprint density at radius 1 is 0.958 bits per heavy atom. The van der Waals surface area contributed by atoms with E-state index in [-0.39, 0.29) is 22.8 Å². The van der Waals surface area contributed by atoms with Crippen molar-refractivity contribution < 1.29 is 8.78 Å². The third kappa shape index (κ3) is 4.51. The molecule has 0 saturated heterocycles. The number of nitrogens with zero attached hydrogens (tertiary/aromatic N) is 2. The van der Waals surface area contributed by atoms with Crippen molar-refractivity contribution in [3.05, 3.63) is 80.3 Å². The zero-order chi connectivity index (χ0) is 17.7. The van der Waals surface area contributed by atoms with Crippen molar-refractivity contribution in [1.82, 2.24) is 9.78 Å². The number of nitrogens with two attached hydrogens (primary N) is 2. The predicted molar refractivity (Wildman–Crippen MR) is 97.7 cm³/mol. The third-order valence-electron chi connectivity index (χ3n) is 2.91. The van der Waals surface area contributed by atoms with Crippen LogP contribution in [-0.2, 0) is 0 Å². The van der Waals surface area contributed by atoms with E-state index in [4.69, 9.17) is 11.5 Å². The molecule has 124 valence electrons. The highest BCUT2D eigenvalue weighted by atomic mass is 127. The highest BCUT2D eigenvalue weighted by Gasteiger charge is 2.03. The van der Waals surface area contributed by atoms with Crippen molar-refractivity contribution in [1.29, 1.82) is 0 Å². The summed E-state index contributed by atoms with van der Waals surface area (Å²) in [6.45, 7) is 0. The molecule has 2 aromatic carbocycles. The van der Waals surface area contributed by atoms with Crippen LogP contribution in [0, 0.1) is 15.2 Å². The molecule has 0 fully saturated rings. The summed E-state index contributed by atoms with van der Waals surface area (Å²) >= 11 is 2.03. The van der Waals surface area contributed by atoms with E-state index in [1.807, 2.05) is 22.6 Å². The Hall–Kier alpha value is -2.49. The molecule has 4 N–H and O–H groups in total. The minimum atomic E-state index is -0.565. The van der Waals surface area contributed by atoms with Crippen LogP contribution in [0.4, 0.5) is 20.2 Å². The van der Waals surface area contributed by atoms with E-state index in [0.29, 0.717) is 5.69 Å². The zero-order valence-electron chi connectivity index (χ0n) is 12.3. The van der Waals surface area contributed by atoms with Gasteiger partial charge in [-0.25, -0.2) is 8.78 Å². The predicted octanol–water partition coefficient (Wildman–Crippen LogP) is 2.97. The monoisotopic (exact) mass is 442 g/mol. The summed E-state index contributed by atoms with van der Waals surface area (Å²) in [6.07, 6.45) is 1.45. The fourth-order valence-corrected chi connectivity index (χ4v) is 2.15. The summed E-state index contributed by atoms with van der Waals surface area (Å²) in [7, 11) is 0. The molecule has 24 heavy (non-hydrogen) atoms. The van der Waals surface area contributed by atoms with Crippen molar-refractivity contribution in [3.8, 4) is 5.69 Å². The summed E-state index contributed by atoms with van der Waals surface area (Å²) in [6, 6.07) is 11.7. The number of anilines is 2. The van der Waals surface area contributed by atoms with E-state index < -0.39 is 5.82 Å². The number of nitrogen functional groups attached to an aromatic ring is 2. The van der Waals surface area contributed by atoms with Gasteiger partial charge in [-0.3, -0.25) is 4.79 Å². The zero-order valence-corrected chi connectivity index (χ0v) is 14.4. The Balaban J connectivity index is 0.000000198. The summed E-state index contributed by atoms with van der Waals surface area (Å²) in [5.41, 5.74) is 10.8. The Bertz CT molecular complexity index is 915. The lowest BCUT2D eigenvalue weighted by molar-refractivity contribution is 0.629. The molecule has 0 aliphatic heterocycles. The van der Waals surface area contributed by atoms with Gasteiger partial charge in [0, 0.05) is 21.9 Å². The standard InChI is InChI=1S/C10H8FN3O.C6H5FIN/c11-8-6-7(3-4-9(8)12)14-10(15)2-1-5-13-14;7-5-3-4(8)1-2-6(5)9/h1-6H,12H2;1-3H,9H2. The smallest absolute Gasteiger partial charge is 0.271 e. The van der Waals surface area contributed by atoms with E-state index in [1.54, 1.807) is 12.1 Å². The normalized spacial score (nSPS) is 9.96. The van der Waals surface area contributed by atoms with Gasteiger partial charge in [-0.15, -0.1) is 0 Å². The molecule has 0 amide bonds. The van der Waals surface area contributed by atoms with Gasteiger partial charge in [0.2, 0.25) is 0 Å². The maximum Gasteiger partial charge on any atom is 0.271 e. The Labute approximate surface area is 150 Å². The maximum atomic E-state index is 13.1. The number of aromatic nitrogens is 2. The van der Waals surface area contributed by atoms with Crippen LogP contribution in [0.25, 0.3) is 5.69 Å². The van der Waals surface area contributed by atoms with Crippen LogP contribution in [0.15, 0.2) is 59.5 Å². The average molecular weight is 442 g/mol. The molecular weight excluding hydrogens is 429 g/mol. The van der Waals surface area contributed by atoms with Crippen LogP contribution in [0.3, 0.4) is 0 Å². The van der Waals surface area contributed by atoms with Crippen molar-refractivity contribution in [2.75, 3.05) is 11.5 Å². The van der Waals surface area contributed by atoms with E-state index in [1.165, 1.54) is 42.6 Å². The fraction of sp³-hybridized carbons (Fsp3) is 0. The van der Waals surface area contributed by atoms with Crippen molar-refractivity contribution in [3.63, 3.8) is 0 Å². The number of hydrogen-bond acceptors (Lipinski definition) is 4. The topological polar surface area (TPSA) is 86.9 Å². The van der Waals surface area contributed by atoms with Gasteiger partial charge in [-0.05, 0) is 59.0 Å². The molecule has 0 bridgehead atoms. The molecular formula is C16H13F2IN4O. The number of rotatable bonds is 1. The highest BCUT2D eigenvalue weighted by molar-refractivity contribution is 14.1. The fourth-order valence-electron chi connectivity index (χ4n) is 1.70. The maximum absolute atomic E-state index is 13.1. The van der Waals surface area contributed by atoms with E-state index in [0.717, 1.165) is 8.25 Å². The first-order valence-electron chi connectivity index (χ1n) is 6.69. The molecule has 0 unspecified atom stereocenters. The van der Waals surface area contributed by atoms with E-state index in [2.05, 4.69) is 5.10 Å². The first kappa shape index (κ1) is 17.9. The lowest BCUT2D eigenvalue weighted by Gasteiger charge is -2.04. The van der Waals surface area contributed by atoms with Crippen LogP contribution in [-0.4, -0.2) is 9.78 Å². The van der Waals surface area contributed by atoms with Gasteiger partial charge in [0.15, 0.2) is 0 Å². The molecule has 0 spiro atoms. The summed E-state index contributed by atoms with van der Waals surface area (Å²) in [5.74, 6) is -0.910. The van der Waals surface area contributed by atoms with Gasteiger partial charge < -0.3 is 11.5 Å². The summed E-state index contributed by atoms with van der Waals surface area (Å²) in [4.78, 5) is 11.4. The number of halogens is 3. The molecule has 1 aromatic heterocycles. The minimum absolute atomic E-state index is 0.0442. The Kier molecular flexibility index (Phi) is 5.85. The number of benzene rings is 2. The van der Waals surface area contributed by atoms with Crippen LogP contribution < -0.4 is 17.0 Å². The SMILES string of the molecule is Nc1ccc(-n2ncccc2=O)cc1F.Nc1ccc(I)cc1F. The third-order valence-corrected chi connectivity index (χ3v) is 3.58. The highest BCUT2D eigenvalue weighted by Crippen LogP contribution is 2.13. The lowest BCUT2D eigenvalue weighted by Crippen LogP contribution is -2.19. The summed E-state index contributed by atoms with van der Waals surface area (Å²) in [5, 5.41) is 3.82. The first-order chi connectivity index (χ1) is 11.4. The van der Waals surface area contributed by atoms with Crippen LogP contribution in [0.2, 0.25) is 0 Å². The van der Waals surface area contributed by atoms with Gasteiger partial charge in [0.25, 0.3) is 5.56 Å². The molecule has 8 heteroatoms. The van der Waals surface area contributed by atoms with Crippen molar-refractivity contribution >= 4 is 34.0 Å². The lowest BCUT2D eigenvalue weighted by atomic mass is 10.3. The van der Waals surface area contributed by atoms with Gasteiger partial charge in [-0.2, -0.15) is 9.78 Å². The van der Waals surface area contributed by atoms with Gasteiger partial charge in [-0.1, -0.05) is 0 Å². The molecule has 0 radical (unpaired) electrons. The Morgan fingerprint density at radius 3 is 2.12 bits per heavy atom. The van der Waals surface area contributed by atoms with E-state index >= 15 is 0 Å². The van der Waals surface area contributed by atoms with E-state index in [9.17, 15) is 13.6 Å². The molecule has 0 aliphatic rings. The number of hydrogen-bond donors (Lipinski definition) is 2. The summed E-state index contributed by atoms with van der Waals surface area (Å²) < 4.78 is 27.5. The molecule has 3 aromatic rings. The molecule has 3 rings (SSSR count). The molecule has 0 saturated carbocycles. The van der Waals surface area contributed by atoms with Crippen molar-refractivity contribution in [2.45, 2.75) is 0 Å². The Morgan fingerprint density at radius 2 is 1.58 bits per heavy atom. The first-order valence-corrected chi connectivity index (χ1v) is 7.76. The second-order valence-corrected chi connectivity index (χ2v) is 5.89.